The predicted molar refractivity (Wildman–Crippen MR) is 92.5 cm³/mol. The number of hydrogen-bond acceptors (Lipinski definition) is 4. The van der Waals surface area contributed by atoms with Crippen LogP contribution in [0.4, 0.5) is 0 Å². The molecule has 0 aromatic heterocycles. The first-order valence-electron chi connectivity index (χ1n) is 7.59. The van der Waals surface area contributed by atoms with E-state index in [0.29, 0.717) is 6.61 Å². The van der Waals surface area contributed by atoms with Crippen LogP contribution in [0.15, 0.2) is 36.9 Å². The van der Waals surface area contributed by atoms with Crippen molar-refractivity contribution in [3.63, 3.8) is 0 Å². The predicted octanol–water partition coefficient (Wildman–Crippen LogP) is 2.34. The van der Waals surface area contributed by atoms with Gasteiger partial charge >= 0.3 is 0 Å². The molecule has 1 atom stereocenters. The minimum atomic E-state index is 0.241. The molecule has 4 heteroatoms. The Hall–Kier alpha value is -0.970. The van der Waals surface area contributed by atoms with Crippen LogP contribution in [0.2, 0.25) is 0 Å². The zero-order valence-electron chi connectivity index (χ0n) is 12.9. The molecule has 1 aromatic carbocycles. The lowest BCUT2D eigenvalue weighted by Crippen LogP contribution is -2.47. The first-order chi connectivity index (χ1) is 10.2. The quantitative estimate of drug-likeness (QED) is 0.615. The molecule has 2 rings (SSSR count). The number of piperazine rings is 1. The van der Waals surface area contributed by atoms with Crippen molar-refractivity contribution in [3.05, 3.63) is 42.5 Å². The van der Waals surface area contributed by atoms with E-state index in [1.807, 2.05) is 24.3 Å². The third-order valence-electron chi connectivity index (χ3n) is 3.83. The van der Waals surface area contributed by atoms with Crippen LogP contribution in [0, 0.1) is 0 Å². The maximum atomic E-state index is 5.95. The number of nitrogens with zero attached hydrogens (tertiary/aromatic N) is 2. The molecule has 0 saturated carbocycles. The van der Waals surface area contributed by atoms with Gasteiger partial charge in [0.1, 0.15) is 12.4 Å². The zero-order valence-corrected chi connectivity index (χ0v) is 13.8. The molecule has 1 aliphatic heterocycles. The Morgan fingerprint density at radius 3 is 2.71 bits per heavy atom. The Morgan fingerprint density at radius 2 is 2.00 bits per heavy atom. The average molecular weight is 306 g/mol. The van der Waals surface area contributed by atoms with Crippen molar-refractivity contribution in [2.24, 2.45) is 0 Å². The monoisotopic (exact) mass is 306 g/mol. The molecule has 116 valence electrons. The summed E-state index contributed by atoms with van der Waals surface area (Å²) in [5, 5.41) is 0.241. The summed E-state index contributed by atoms with van der Waals surface area (Å²) in [6.07, 6.45) is 2.75. The van der Waals surface area contributed by atoms with Gasteiger partial charge in [0, 0.05) is 38.0 Å². The van der Waals surface area contributed by atoms with Gasteiger partial charge in [0.15, 0.2) is 0 Å². The van der Waals surface area contributed by atoms with Crippen molar-refractivity contribution in [1.29, 1.82) is 0 Å². The molecule has 1 aliphatic rings. The highest BCUT2D eigenvalue weighted by molar-refractivity contribution is 7.81. The Kier molecular flexibility index (Phi) is 6.61. The highest BCUT2D eigenvalue weighted by Crippen LogP contribution is 2.19. The Morgan fingerprint density at radius 1 is 1.29 bits per heavy atom. The number of thiol groups is 1. The molecule has 0 amide bonds. The van der Waals surface area contributed by atoms with Gasteiger partial charge < -0.3 is 9.64 Å². The molecular weight excluding hydrogens is 280 g/mol. The topological polar surface area (TPSA) is 15.7 Å². The highest BCUT2D eigenvalue weighted by atomic mass is 32.1. The molecule has 1 heterocycles. The molecule has 3 nitrogen and oxygen atoms in total. The standard InChI is InChI=1S/C17H26N2OS/c1-3-6-15-7-4-5-8-17(15)20-14-16(21)13-19-11-9-18(2)10-12-19/h3-5,7-8,16,21H,1,6,9-14H2,2H3. The van der Waals surface area contributed by atoms with Gasteiger partial charge in [-0.15, -0.1) is 6.58 Å². The number of rotatable bonds is 7. The van der Waals surface area contributed by atoms with E-state index in [1.165, 1.54) is 5.56 Å². The van der Waals surface area contributed by atoms with Gasteiger partial charge in [-0.25, -0.2) is 0 Å². The van der Waals surface area contributed by atoms with E-state index < -0.39 is 0 Å². The van der Waals surface area contributed by atoms with E-state index in [2.05, 4.69) is 42.1 Å². The average Bonchev–Trinajstić information content (AvgIpc) is 2.49. The van der Waals surface area contributed by atoms with Crippen LogP contribution in [-0.4, -0.2) is 61.4 Å². The molecule has 0 aliphatic carbocycles. The normalized spacial score (nSPS) is 18.4. The van der Waals surface area contributed by atoms with Crippen molar-refractivity contribution < 1.29 is 4.74 Å². The number of hydrogen-bond donors (Lipinski definition) is 1. The second-order valence-corrected chi connectivity index (χ2v) is 6.40. The van der Waals surface area contributed by atoms with Gasteiger partial charge in [-0.1, -0.05) is 24.3 Å². The van der Waals surface area contributed by atoms with Crippen LogP contribution in [0.3, 0.4) is 0 Å². The third kappa shape index (κ3) is 5.38. The molecule has 0 radical (unpaired) electrons. The van der Waals surface area contributed by atoms with E-state index in [-0.39, 0.29) is 5.25 Å². The lowest BCUT2D eigenvalue weighted by atomic mass is 10.1. The molecular formula is C17H26N2OS. The minimum Gasteiger partial charge on any atom is -0.492 e. The lowest BCUT2D eigenvalue weighted by Gasteiger charge is -2.33. The second-order valence-electron chi connectivity index (χ2n) is 5.67. The second kappa shape index (κ2) is 8.47. The van der Waals surface area contributed by atoms with E-state index in [4.69, 9.17) is 4.74 Å². The molecule has 1 fully saturated rings. The smallest absolute Gasteiger partial charge is 0.122 e. The molecule has 0 bridgehead atoms. The molecule has 1 aromatic rings. The fourth-order valence-corrected chi connectivity index (χ4v) is 2.84. The Balaban J connectivity index is 1.78. The van der Waals surface area contributed by atoms with Crippen LogP contribution in [0.5, 0.6) is 5.75 Å². The van der Waals surface area contributed by atoms with Crippen LogP contribution in [-0.2, 0) is 6.42 Å². The molecule has 1 saturated heterocycles. The highest BCUT2D eigenvalue weighted by Gasteiger charge is 2.17. The SMILES string of the molecule is C=CCc1ccccc1OCC(S)CN1CCN(C)CC1. The van der Waals surface area contributed by atoms with Crippen molar-refractivity contribution in [2.45, 2.75) is 11.7 Å². The molecule has 21 heavy (non-hydrogen) atoms. The van der Waals surface area contributed by atoms with E-state index >= 15 is 0 Å². The van der Waals surface area contributed by atoms with E-state index in [9.17, 15) is 0 Å². The summed E-state index contributed by atoms with van der Waals surface area (Å²) in [5.74, 6) is 0.954. The summed E-state index contributed by atoms with van der Waals surface area (Å²) in [7, 11) is 2.18. The van der Waals surface area contributed by atoms with Crippen LogP contribution in [0.25, 0.3) is 0 Å². The van der Waals surface area contributed by atoms with Gasteiger partial charge in [0.25, 0.3) is 0 Å². The molecule has 0 spiro atoms. The lowest BCUT2D eigenvalue weighted by molar-refractivity contribution is 0.148. The van der Waals surface area contributed by atoms with E-state index in [0.717, 1.165) is 44.9 Å². The summed E-state index contributed by atoms with van der Waals surface area (Å²) in [4.78, 5) is 4.84. The molecule has 1 unspecified atom stereocenters. The van der Waals surface area contributed by atoms with Crippen molar-refractivity contribution >= 4 is 12.6 Å². The number of likely N-dealkylation sites (N-methyl/N-ethyl adjacent to an activating group) is 1. The summed E-state index contributed by atoms with van der Waals surface area (Å²) in [5.41, 5.74) is 1.19. The summed E-state index contributed by atoms with van der Waals surface area (Å²) in [6, 6.07) is 8.16. The van der Waals surface area contributed by atoms with Gasteiger partial charge in [-0.2, -0.15) is 12.6 Å². The maximum absolute atomic E-state index is 5.95. The zero-order chi connectivity index (χ0) is 15.1. The largest absolute Gasteiger partial charge is 0.492 e. The first kappa shape index (κ1) is 16.4. The summed E-state index contributed by atoms with van der Waals surface area (Å²) in [6.45, 7) is 9.96. The van der Waals surface area contributed by atoms with Crippen LogP contribution in [0.1, 0.15) is 5.56 Å². The Labute approximate surface area is 134 Å². The van der Waals surface area contributed by atoms with Gasteiger partial charge in [0.05, 0.1) is 0 Å². The number of benzene rings is 1. The minimum absolute atomic E-state index is 0.241. The number of allylic oxidation sites excluding steroid dienone is 1. The van der Waals surface area contributed by atoms with Crippen LogP contribution >= 0.6 is 12.6 Å². The summed E-state index contributed by atoms with van der Waals surface area (Å²) >= 11 is 4.68. The van der Waals surface area contributed by atoms with Crippen LogP contribution < -0.4 is 4.74 Å². The maximum Gasteiger partial charge on any atom is 0.122 e. The Bertz CT molecular complexity index is 444. The van der Waals surface area contributed by atoms with E-state index in [1.54, 1.807) is 0 Å². The first-order valence-corrected chi connectivity index (χ1v) is 8.11. The van der Waals surface area contributed by atoms with Gasteiger partial charge in [0.2, 0.25) is 0 Å². The van der Waals surface area contributed by atoms with Crippen molar-refractivity contribution in [2.75, 3.05) is 46.4 Å². The summed E-state index contributed by atoms with van der Waals surface area (Å²) < 4.78 is 5.95. The fourth-order valence-electron chi connectivity index (χ4n) is 2.54. The van der Waals surface area contributed by atoms with Crippen molar-refractivity contribution in [3.8, 4) is 5.75 Å². The third-order valence-corrected chi connectivity index (χ3v) is 4.15. The fraction of sp³-hybridized carbons (Fsp3) is 0.529. The number of ether oxygens (including phenoxy) is 1. The molecule has 0 N–H and O–H groups in total. The van der Waals surface area contributed by atoms with Gasteiger partial charge in [-0.3, -0.25) is 4.90 Å². The van der Waals surface area contributed by atoms with Crippen molar-refractivity contribution in [1.82, 2.24) is 9.80 Å². The number of para-hydroxylation sites is 1. The van der Waals surface area contributed by atoms with Gasteiger partial charge in [-0.05, 0) is 25.1 Å².